The van der Waals surface area contributed by atoms with Crippen molar-refractivity contribution in [1.29, 1.82) is 0 Å². The largest absolute Gasteiger partial charge is 0.504 e. The highest BCUT2D eigenvalue weighted by molar-refractivity contribution is 5.19. The van der Waals surface area contributed by atoms with E-state index < -0.39 is 0 Å². The summed E-state index contributed by atoms with van der Waals surface area (Å²) in [6.07, 6.45) is 7.17. The van der Waals surface area contributed by atoms with Crippen molar-refractivity contribution in [2.75, 3.05) is 7.11 Å². The van der Waals surface area contributed by atoms with Crippen molar-refractivity contribution < 1.29 is 4.74 Å². The van der Waals surface area contributed by atoms with Crippen LogP contribution in [0.4, 0.5) is 0 Å². The molecule has 0 amide bonds. The van der Waals surface area contributed by atoms with Gasteiger partial charge in [-0.3, -0.25) is 0 Å². The molecule has 0 rings (SSSR count). The van der Waals surface area contributed by atoms with Crippen molar-refractivity contribution in [3.05, 3.63) is 36.6 Å². The number of hydrogen-bond acceptors (Lipinski definition) is 1. The Morgan fingerprint density at radius 2 is 2.22 bits per heavy atom. The van der Waals surface area contributed by atoms with Crippen molar-refractivity contribution in [1.82, 2.24) is 0 Å². The molecule has 0 heterocycles. The minimum Gasteiger partial charge on any atom is -0.504 e. The van der Waals surface area contributed by atoms with Crippen molar-refractivity contribution in [3.8, 4) is 0 Å². The minimum absolute atomic E-state index is 1.13. The van der Waals surface area contributed by atoms with E-state index in [2.05, 4.69) is 6.58 Å². The van der Waals surface area contributed by atoms with Crippen LogP contribution in [0.15, 0.2) is 36.6 Å². The van der Waals surface area contributed by atoms with Crippen LogP contribution in [0, 0.1) is 0 Å². The Labute approximate surface area is 56.3 Å². The number of rotatable bonds is 3. The van der Waals surface area contributed by atoms with Gasteiger partial charge in [-0.25, -0.2) is 0 Å². The third kappa shape index (κ3) is 4.88. The van der Waals surface area contributed by atoms with Gasteiger partial charge in [0.1, 0.15) is 0 Å². The predicted molar refractivity (Wildman–Crippen MR) is 40.1 cm³/mol. The molecule has 0 aliphatic carbocycles. The smallest absolute Gasteiger partial charge is 0.0827 e. The summed E-state index contributed by atoms with van der Waals surface area (Å²) in [6, 6.07) is 0. The van der Waals surface area contributed by atoms with E-state index >= 15 is 0 Å². The average molecular weight is 124 g/mol. The summed E-state index contributed by atoms with van der Waals surface area (Å²) in [5.74, 6) is 0. The molecule has 0 aromatic carbocycles. The predicted octanol–water partition coefficient (Wildman–Crippen LogP) is 2.28. The van der Waals surface area contributed by atoms with Crippen LogP contribution in [0.2, 0.25) is 0 Å². The maximum absolute atomic E-state index is 4.70. The normalized spacial score (nSPS) is 12.0. The third-order valence-corrected chi connectivity index (χ3v) is 0.848. The molecule has 0 atom stereocenters. The van der Waals surface area contributed by atoms with E-state index in [1.807, 2.05) is 19.1 Å². The van der Waals surface area contributed by atoms with Crippen LogP contribution in [0.1, 0.15) is 6.92 Å². The fourth-order valence-corrected chi connectivity index (χ4v) is 0.417. The van der Waals surface area contributed by atoms with E-state index in [0.29, 0.717) is 0 Å². The van der Waals surface area contributed by atoms with Gasteiger partial charge in [0.15, 0.2) is 0 Å². The molecule has 0 N–H and O–H groups in total. The summed E-state index contributed by atoms with van der Waals surface area (Å²) in [7, 11) is 1.62. The summed E-state index contributed by atoms with van der Waals surface area (Å²) in [6.45, 7) is 5.54. The Bertz CT molecular complexity index is 132. The molecular weight excluding hydrogens is 112 g/mol. The minimum atomic E-state index is 1.13. The Balaban J connectivity index is 3.74. The van der Waals surface area contributed by atoms with E-state index in [1.54, 1.807) is 19.4 Å². The molecule has 0 saturated carbocycles. The lowest BCUT2D eigenvalue weighted by atomic mass is 10.3. The van der Waals surface area contributed by atoms with E-state index in [4.69, 9.17) is 4.74 Å². The lowest BCUT2D eigenvalue weighted by Gasteiger charge is -1.87. The van der Waals surface area contributed by atoms with E-state index in [9.17, 15) is 0 Å². The van der Waals surface area contributed by atoms with Gasteiger partial charge in [0.2, 0.25) is 0 Å². The van der Waals surface area contributed by atoms with E-state index in [0.717, 1.165) is 5.57 Å². The molecule has 0 aliphatic heterocycles. The first-order valence-corrected chi connectivity index (χ1v) is 2.80. The van der Waals surface area contributed by atoms with E-state index in [-0.39, 0.29) is 0 Å². The van der Waals surface area contributed by atoms with Crippen LogP contribution in [0.25, 0.3) is 0 Å². The molecule has 9 heavy (non-hydrogen) atoms. The summed E-state index contributed by atoms with van der Waals surface area (Å²) in [4.78, 5) is 0. The van der Waals surface area contributed by atoms with Gasteiger partial charge in [-0.05, 0) is 18.6 Å². The zero-order chi connectivity index (χ0) is 7.11. The van der Waals surface area contributed by atoms with Crippen LogP contribution in [-0.4, -0.2) is 7.11 Å². The fourth-order valence-electron chi connectivity index (χ4n) is 0.417. The quantitative estimate of drug-likeness (QED) is 0.414. The molecule has 0 unspecified atom stereocenters. The van der Waals surface area contributed by atoms with Gasteiger partial charge in [0.25, 0.3) is 0 Å². The van der Waals surface area contributed by atoms with Crippen molar-refractivity contribution >= 4 is 0 Å². The second-order valence-corrected chi connectivity index (χ2v) is 1.68. The zero-order valence-corrected chi connectivity index (χ0v) is 5.92. The zero-order valence-electron chi connectivity index (χ0n) is 5.92. The van der Waals surface area contributed by atoms with Crippen LogP contribution >= 0.6 is 0 Å². The van der Waals surface area contributed by atoms with E-state index in [1.165, 1.54) is 0 Å². The molecule has 0 saturated heterocycles. The van der Waals surface area contributed by atoms with Gasteiger partial charge in [-0.1, -0.05) is 18.7 Å². The Morgan fingerprint density at radius 3 is 2.67 bits per heavy atom. The molecule has 0 aromatic rings. The topological polar surface area (TPSA) is 9.23 Å². The first-order valence-electron chi connectivity index (χ1n) is 2.80. The number of methoxy groups -OCH3 is 1. The Kier molecular flexibility index (Phi) is 4.60. The maximum atomic E-state index is 4.70. The molecule has 0 radical (unpaired) electrons. The lowest BCUT2D eigenvalue weighted by Crippen LogP contribution is -1.67. The van der Waals surface area contributed by atoms with Crippen molar-refractivity contribution in [2.45, 2.75) is 6.92 Å². The average Bonchev–Trinajstić information content (AvgIpc) is 1.85. The molecule has 0 bridgehead atoms. The van der Waals surface area contributed by atoms with Crippen molar-refractivity contribution in [2.24, 2.45) is 0 Å². The highest BCUT2D eigenvalue weighted by Gasteiger charge is 1.74. The van der Waals surface area contributed by atoms with Crippen molar-refractivity contribution in [3.63, 3.8) is 0 Å². The van der Waals surface area contributed by atoms with Gasteiger partial charge in [-0.2, -0.15) is 0 Å². The van der Waals surface area contributed by atoms with Gasteiger partial charge in [0.05, 0.1) is 13.4 Å². The molecule has 1 heteroatoms. The first kappa shape index (κ1) is 8.02. The molecule has 0 fully saturated rings. The number of ether oxygens (including phenoxy) is 1. The standard InChI is InChI=1S/C8H12O/c1-4-5-8(2)6-7-9-3/h4-7H,1H2,2-3H3. The van der Waals surface area contributed by atoms with Crippen LogP contribution < -0.4 is 0 Å². The summed E-state index contributed by atoms with van der Waals surface area (Å²) in [5.41, 5.74) is 1.13. The fraction of sp³-hybridized carbons (Fsp3) is 0.250. The summed E-state index contributed by atoms with van der Waals surface area (Å²) < 4.78 is 4.70. The highest BCUT2D eigenvalue weighted by Crippen LogP contribution is 1.93. The lowest BCUT2D eigenvalue weighted by molar-refractivity contribution is 0.338. The number of hydrogen-bond donors (Lipinski definition) is 0. The van der Waals surface area contributed by atoms with Crippen LogP contribution in [0.3, 0.4) is 0 Å². The Morgan fingerprint density at radius 1 is 1.56 bits per heavy atom. The maximum Gasteiger partial charge on any atom is 0.0827 e. The van der Waals surface area contributed by atoms with Gasteiger partial charge < -0.3 is 4.74 Å². The third-order valence-electron chi connectivity index (χ3n) is 0.848. The molecule has 0 spiro atoms. The summed E-state index contributed by atoms with van der Waals surface area (Å²) in [5, 5.41) is 0. The highest BCUT2D eigenvalue weighted by atomic mass is 16.5. The molecule has 1 nitrogen and oxygen atoms in total. The first-order chi connectivity index (χ1) is 4.31. The SMILES string of the molecule is C=CC=C(C)C=COC. The van der Waals surface area contributed by atoms with Gasteiger partial charge in [-0.15, -0.1) is 0 Å². The monoisotopic (exact) mass is 124 g/mol. The second kappa shape index (κ2) is 5.16. The molecular formula is C8H12O. The molecule has 50 valence electrons. The van der Waals surface area contributed by atoms with Gasteiger partial charge >= 0.3 is 0 Å². The molecule has 0 aliphatic rings. The van der Waals surface area contributed by atoms with Crippen LogP contribution in [0.5, 0.6) is 0 Å². The number of allylic oxidation sites excluding steroid dienone is 4. The van der Waals surface area contributed by atoms with Crippen LogP contribution in [-0.2, 0) is 4.74 Å². The van der Waals surface area contributed by atoms with Gasteiger partial charge in [0, 0.05) is 0 Å². The Hall–Kier alpha value is -0.980. The second-order valence-electron chi connectivity index (χ2n) is 1.68. The summed E-state index contributed by atoms with van der Waals surface area (Å²) >= 11 is 0. The molecule has 0 aromatic heterocycles.